The van der Waals surface area contributed by atoms with Gasteiger partial charge in [-0.25, -0.2) is 4.79 Å². The largest absolute Gasteiger partial charge is 0.461 e. The summed E-state index contributed by atoms with van der Waals surface area (Å²) in [5.41, 5.74) is -2.49. The van der Waals surface area contributed by atoms with E-state index in [1.54, 1.807) is 37.0 Å². The van der Waals surface area contributed by atoms with E-state index in [1.807, 2.05) is 33.8 Å². The van der Waals surface area contributed by atoms with Gasteiger partial charge in [0.15, 0.2) is 11.7 Å². The minimum Gasteiger partial charge on any atom is -0.461 e. The molecule has 0 spiro atoms. The number of rotatable bonds is 13. The molecule has 13 heteroatoms. The fourth-order valence-electron chi connectivity index (χ4n) is 6.95. The van der Waals surface area contributed by atoms with Crippen LogP contribution in [0.25, 0.3) is 0 Å². The Kier molecular flexibility index (Phi) is 15.7. The average molecular weight is 711 g/mol. The maximum Gasteiger partial charge on any atom is 0.410 e. The molecule has 0 unspecified atom stereocenters. The van der Waals surface area contributed by atoms with Gasteiger partial charge in [0.25, 0.3) is 0 Å². The first-order valence-corrected chi connectivity index (χ1v) is 18.3. The molecule has 11 atom stereocenters. The molecule has 0 radical (unpaired) electrons. The molecule has 3 aliphatic rings. The second-order valence-electron chi connectivity index (χ2n) is 15.0. The van der Waals surface area contributed by atoms with Gasteiger partial charge in [0.2, 0.25) is 0 Å². The van der Waals surface area contributed by atoms with Crippen LogP contribution < -0.4 is 0 Å². The molecule has 50 heavy (non-hydrogen) atoms. The lowest BCUT2D eigenvalue weighted by molar-refractivity contribution is -0.159. The molecule has 0 aromatic heterocycles. The summed E-state index contributed by atoms with van der Waals surface area (Å²) in [5, 5.41) is 41.3. The van der Waals surface area contributed by atoms with E-state index in [4.69, 9.17) is 18.9 Å². The molecule has 2 fully saturated rings. The number of hydrogen-bond acceptors (Lipinski definition) is 12. The lowest BCUT2D eigenvalue weighted by Crippen LogP contribution is -2.53. The Labute approximate surface area is 297 Å². The number of allylic oxidation sites excluding steroid dienone is 1. The molecule has 4 N–H and O–H groups in total. The number of epoxide rings is 1. The summed E-state index contributed by atoms with van der Waals surface area (Å²) in [6.45, 7) is 14.9. The molecule has 3 rings (SSSR count). The molecule has 1 amide bonds. The van der Waals surface area contributed by atoms with E-state index in [0.717, 1.165) is 0 Å². The van der Waals surface area contributed by atoms with Crippen LogP contribution >= 0.6 is 0 Å². The first-order valence-electron chi connectivity index (χ1n) is 18.3. The van der Waals surface area contributed by atoms with Gasteiger partial charge >= 0.3 is 18.0 Å². The van der Waals surface area contributed by atoms with Crippen LogP contribution in [0.15, 0.2) is 24.3 Å². The highest BCUT2D eigenvalue weighted by molar-refractivity contribution is 5.70. The molecule has 3 heterocycles. The fraction of sp³-hybridized carbons (Fsp3) is 0.811. The molecule has 0 aliphatic carbocycles. The number of β-amino-alcohol motifs (C(OH)–C–C–N with tert-alkyl or cyclic N) is 1. The van der Waals surface area contributed by atoms with Crippen molar-refractivity contribution in [3.63, 3.8) is 0 Å². The van der Waals surface area contributed by atoms with E-state index in [1.165, 1.54) is 6.92 Å². The summed E-state index contributed by atoms with van der Waals surface area (Å²) in [5.74, 6) is -1.69. The van der Waals surface area contributed by atoms with Crippen molar-refractivity contribution in [3.05, 3.63) is 24.3 Å². The second-order valence-corrected chi connectivity index (χ2v) is 15.0. The standard InChI is InChI=1S/C37H62N2O11/c1-8-29(43)26(4)34-30(48-34)23-36(6,46)14-9-10-24(2)33-25(3)11-12-31(47-27(5)41)37(7,15-13-28(42)22-32(44)49-33)50-35(45)39-18-16-38(17-19-39)20-21-40/h9,11-12,14,24-26,28-31,33-34,40,42-43,46H,8,10,13,15-23H2,1-7H3/b12-11-,14-9+/t24-,25-,26+,28+,29-,30+,31-,33+,34-,36-,37+/m0/s1. The zero-order valence-electron chi connectivity index (χ0n) is 31.0. The van der Waals surface area contributed by atoms with Gasteiger partial charge in [0.1, 0.15) is 6.10 Å². The van der Waals surface area contributed by atoms with Gasteiger partial charge in [-0.1, -0.05) is 45.9 Å². The molecular formula is C37H62N2O11. The number of cyclic esters (lactones) is 1. The van der Waals surface area contributed by atoms with Crippen LogP contribution in [0.5, 0.6) is 0 Å². The van der Waals surface area contributed by atoms with E-state index in [0.29, 0.717) is 52.0 Å². The Morgan fingerprint density at radius 3 is 2.48 bits per heavy atom. The predicted molar refractivity (Wildman–Crippen MR) is 186 cm³/mol. The number of amides is 1. The van der Waals surface area contributed by atoms with Gasteiger partial charge in [-0.15, -0.1) is 0 Å². The normalized spacial score (nSPS) is 33.6. The van der Waals surface area contributed by atoms with Gasteiger partial charge in [-0.2, -0.15) is 0 Å². The van der Waals surface area contributed by atoms with Gasteiger partial charge in [0.05, 0.1) is 43.0 Å². The van der Waals surface area contributed by atoms with Gasteiger partial charge in [-0.3, -0.25) is 14.5 Å². The third-order valence-corrected chi connectivity index (χ3v) is 10.3. The van der Waals surface area contributed by atoms with E-state index >= 15 is 0 Å². The smallest absolute Gasteiger partial charge is 0.410 e. The second kappa shape index (κ2) is 18.8. The number of aliphatic hydroxyl groups excluding tert-OH is 3. The summed E-state index contributed by atoms with van der Waals surface area (Å²) in [6.07, 6.45) is 4.60. The molecule has 0 aromatic carbocycles. The molecule has 0 aromatic rings. The summed E-state index contributed by atoms with van der Waals surface area (Å²) < 4.78 is 23.5. The van der Waals surface area contributed by atoms with Crippen LogP contribution in [-0.2, 0) is 28.5 Å². The van der Waals surface area contributed by atoms with Crippen molar-refractivity contribution in [1.29, 1.82) is 0 Å². The van der Waals surface area contributed by atoms with Crippen molar-refractivity contribution in [2.24, 2.45) is 17.8 Å². The molecular weight excluding hydrogens is 648 g/mol. The maximum absolute atomic E-state index is 13.4. The molecule has 286 valence electrons. The first-order chi connectivity index (χ1) is 23.5. The average Bonchev–Trinajstić information content (AvgIpc) is 3.81. The van der Waals surface area contributed by atoms with Crippen LogP contribution in [0.2, 0.25) is 0 Å². The van der Waals surface area contributed by atoms with Crippen molar-refractivity contribution in [1.82, 2.24) is 9.80 Å². The minimum atomic E-state index is -1.35. The number of aliphatic hydroxyl groups is 4. The summed E-state index contributed by atoms with van der Waals surface area (Å²) in [7, 11) is 0. The van der Waals surface area contributed by atoms with Crippen LogP contribution in [-0.4, -0.2) is 135 Å². The van der Waals surface area contributed by atoms with Crippen molar-refractivity contribution in [3.8, 4) is 0 Å². The van der Waals surface area contributed by atoms with Crippen LogP contribution in [0, 0.1) is 17.8 Å². The Balaban J connectivity index is 1.74. The number of carbonyl (C=O) groups excluding carboxylic acids is 3. The van der Waals surface area contributed by atoms with Gasteiger partial charge in [0, 0.05) is 57.9 Å². The lowest BCUT2D eigenvalue weighted by Gasteiger charge is -2.40. The van der Waals surface area contributed by atoms with E-state index in [9.17, 15) is 34.8 Å². The summed E-state index contributed by atoms with van der Waals surface area (Å²) in [4.78, 5) is 42.4. The first kappa shape index (κ1) is 41.9. The van der Waals surface area contributed by atoms with Crippen LogP contribution in [0.1, 0.15) is 87.0 Å². The Morgan fingerprint density at radius 1 is 1.18 bits per heavy atom. The monoisotopic (exact) mass is 710 g/mol. The zero-order chi connectivity index (χ0) is 37.2. The number of hydrogen-bond donors (Lipinski definition) is 4. The SMILES string of the molecule is CC[C@H](O)[C@@H](C)[C@@H]1O[C@@H]1C[C@@](C)(O)/C=C/C[C@H](C)[C@H]1OC(=O)C[C@H](O)CC[C@@](C)(OC(=O)N2CCN(CCO)CC2)[C@@H](OC(C)=O)/C=C\[C@@H]1C. The quantitative estimate of drug-likeness (QED) is 0.0952. The minimum absolute atomic E-state index is 0.0158. The topological polar surface area (TPSA) is 179 Å². The zero-order valence-corrected chi connectivity index (χ0v) is 31.0. The lowest BCUT2D eigenvalue weighted by atomic mass is 9.86. The van der Waals surface area contributed by atoms with Gasteiger partial charge in [-0.05, 0) is 51.5 Å². The number of nitrogens with zero attached hydrogens (tertiary/aromatic N) is 2. The molecule has 3 aliphatic heterocycles. The highest BCUT2D eigenvalue weighted by atomic mass is 16.6. The van der Waals surface area contributed by atoms with Crippen molar-refractivity contribution >= 4 is 18.0 Å². The number of carbonyl (C=O) groups is 3. The molecule has 2 saturated heterocycles. The fourth-order valence-corrected chi connectivity index (χ4v) is 6.95. The number of piperazine rings is 1. The molecule has 13 nitrogen and oxygen atoms in total. The Bertz CT molecular complexity index is 1170. The number of ether oxygens (including phenoxy) is 4. The third kappa shape index (κ3) is 12.6. The maximum atomic E-state index is 13.4. The summed E-state index contributed by atoms with van der Waals surface area (Å²) in [6, 6.07) is 0. The predicted octanol–water partition coefficient (Wildman–Crippen LogP) is 2.97. The molecule has 0 saturated carbocycles. The van der Waals surface area contributed by atoms with Crippen LogP contribution in [0.4, 0.5) is 4.79 Å². The highest BCUT2D eigenvalue weighted by Gasteiger charge is 2.47. The Hall–Kier alpha value is -2.55. The highest BCUT2D eigenvalue weighted by Crippen LogP contribution is 2.38. The van der Waals surface area contributed by atoms with E-state index in [2.05, 4.69) is 4.90 Å². The van der Waals surface area contributed by atoms with Crippen molar-refractivity contribution < 1.29 is 53.8 Å². The van der Waals surface area contributed by atoms with E-state index < -0.39 is 53.6 Å². The van der Waals surface area contributed by atoms with Crippen molar-refractivity contribution in [2.45, 2.75) is 135 Å². The number of esters is 2. The van der Waals surface area contributed by atoms with Crippen molar-refractivity contribution in [2.75, 3.05) is 39.3 Å². The Morgan fingerprint density at radius 2 is 1.86 bits per heavy atom. The van der Waals surface area contributed by atoms with Gasteiger partial charge < -0.3 is 44.3 Å². The third-order valence-electron chi connectivity index (χ3n) is 10.3. The van der Waals surface area contributed by atoms with Crippen LogP contribution in [0.3, 0.4) is 0 Å². The summed E-state index contributed by atoms with van der Waals surface area (Å²) >= 11 is 0. The van der Waals surface area contributed by atoms with E-state index in [-0.39, 0.29) is 55.8 Å². The molecule has 0 bridgehead atoms.